The Bertz CT molecular complexity index is 1160. The molecule has 1 fully saturated rings. The number of hydrogen-bond acceptors (Lipinski definition) is 4. The van der Waals surface area contributed by atoms with E-state index in [1.54, 1.807) is 0 Å². The Morgan fingerprint density at radius 2 is 1.56 bits per heavy atom. The van der Waals surface area contributed by atoms with Crippen molar-refractivity contribution in [3.63, 3.8) is 0 Å². The molecule has 0 saturated carbocycles. The zero-order valence-corrected chi connectivity index (χ0v) is 19.2. The molecule has 5 rings (SSSR count). The molecule has 164 valence electrons. The number of nitrogens with two attached hydrogens (primary N) is 1. The van der Waals surface area contributed by atoms with E-state index in [1.165, 1.54) is 63.1 Å². The zero-order chi connectivity index (χ0) is 21.8. The fourth-order valence-electron chi connectivity index (χ4n) is 4.51. The normalized spacial score (nSPS) is 14.3. The van der Waals surface area contributed by atoms with Crippen LogP contribution in [-0.4, -0.2) is 31.1 Å². The third kappa shape index (κ3) is 4.73. The summed E-state index contributed by atoms with van der Waals surface area (Å²) >= 11 is 1.88. The monoisotopic (exact) mass is 442 g/mol. The topological polar surface area (TPSA) is 38.5 Å². The second kappa shape index (κ2) is 9.86. The van der Waals surface area contributed by atoms with Crippen LogP contribution in [0.2, 0.25) is 0 Å². The lowest BCUT2D eigenvalue weighted by molar-refractivity contribution is 0.238. The second-order valence-corrected chi connectivity index (χ2v) is 9.58. The molecular weight excluding hydrogens is 412 g/mol. The van der Waals surface area contributed by atoms with Crippen LogP contribution < -0.4 is 10.5 Å². The van der Waals surface area contributed by atoms with Crippen LogP contribution >= 0.6 is 11.3 Å². The van der Waals surface area contributed by atoms with Crippen molar-refractivity contribution in [1.29, 1.82) is 0 Å². The number of nitrogens with zero attached hydrogens (tertiary/aromatic N) is 1. The van der Waals surface area contributed by atoms with Crippen molar-refractivity contribution in [3.8, 4) is 16.2 Å². The van der Waals surface area contributed by atoms with Crippen molar-refractivity contribution in [1.82, 2.24) is 4.90 Å². The van der Waals surface area contributed by atoms with Crippen LogP contribution in [0.1, 0.15) is 29.5 Å². The first-order valence-corrected chi connectivity index (χ1v) is 12.4. The first-order chi connectivity index (χ1) is 15.8. The van der Waals surface area contributed by atoms with Crippen LogP contribution in [0.15, 0.2) is 72.8 Å². The molecule has 1 saturated heterocycles. The minimum Gasteiger partial charge on any atom is -0.492 e. The Morgan fingerprint density at radius 1 is 0.844 bits per heavy atom. The molecule has 0 bridgehead atoms. The van der Waals surface area contributed by atoms with E-state index in [0.717, 1.165) is 25.3 Å². The number of benzene rings is 3. The summed E-state index contributed by atoms with van der Waals surface area (Å²) in [4.78, 5) is 3.83. The third-order valence-corrected chi connectivity index (χ3v) is 7.59. The van der Waals surface area contributed by atoms with Crippen molar-refractivity contribution in [2.75, 3.05) is 26.2 Å². The summed E-state index contributed by atoms with van der Waals surface area (Å²) in [6.45, 7) is 4.79. The molecule has 2 heterocycles. The molecule has 3 nitrogen and oxygen atoms in total. The minimum absolute atomic E-state index is 0.583. The number of fused-ring (bicyclic) bond motifs is 1. The molecule has 3 aromatic carbocycles. The molecule has 0 spiro atoms. The highest BCUT2D eigenvalue weighted by molar-refractivity contribution is 7.22. The average Bonchev–Trinajstić information content (AvgIpc) is 3.49. The summed E-state index contributed by atoms with van der Waals surface area (Å²) < 4.78 is 7.35. The average molecular weight is 443 g/mol. The molecule has 32 heavy (non-hydrogen) atoms. The molecular formula is C28H30N2OS. The Hall–Kier alpha value is -2.66. The Labute approximate surface area is 194 Å². The summed E-state index contributed by atoms with van der Waals surface area (Å²) in [5.41, 5.74) is 10.9. The van der Waals surface area contributed by atoms with E-state index in [2.05, 4.69) is 77.7 Å². The second-order valence-electron chi connectivity index (χ2n) is 8.52. The van der Waals surface area contributed by atoms with Crippen LogP contribution in [0.3, 0.4) is 0 Å². The SMILES string of the molecule is NCc1ccc(Cc2c(-c3ccc(OCCN4CCCC4)cc3)sc3ccccc23)cc1. The van der Waals surface area contributed by atoms with Crippen molar-refractivity contribution in [3.05, 3.63) is 89.5 Å². The van der Waals surface area contributed by atoms with E-state index in [0.29, 0.717) is 6.54 Å². The zero-order valence-electron chi connectivity index (χ0n) is 18.4. The van der Waals surface area contributed by atoms with Crippen LogP contribution in [0, 0.1) is 0 Å². The lowest BCUT2D eigenvalue weighted by Gasteiger charge is -2.15. The molecule has 0 amide bonds. The van der Waals surface area contributed by atoms with Crippen LogP contribution in [-0.2, 0) is 13.0 Å². The highest BCUT2D eigenvalue weighted by atomic mass is 32.1. The van der Waals surface area contributed by atoms with E-state index in [4.69, 9.17) is 10.5 Å². The van der Waals surface area contributed by atoms with E-state index < -0.39 is 0 Å². The molecule has 0 radical (unpaired) electrons. The maximum atomic E-state index is 6.02. The van der Waals surface area contributed by atoms with Gasteiger partial charge >= 0.3 is 0 Å². The van der Waals surface area contributed by atoms with Crippen LogP contribution in [0.5, 0.6) is 5.75 Å². The predicted molar refractivity (Wildman–Crippen MR) is 136 cm³/mol. The molecule has 4 heteroatoms. The van der Waals surface area contributed by atoms with Gasteiger partial charge in [-0.05, 0) is 90.3 Å². The summed E-state index contributed by atoms with van der Waals surface area (Å²) in [6.07, 6.45) is 3.56. The van der Waals surface area contributed by atoms with Gasteiger partial charge in [-0.1, -0.05) is 42.5 Å². The highest BCUT2D eigenvalue weighted by Crippen LogP contribution is 2.40. The number of ether oxygens (including phenoxy) is 1. The number of hydrogen-bond donors (Lipinski definition) is 1. The van der Waals surface area contributed by atoms with Gasteiger partial charge in [-0.15, -0.1) is 11.3 Å². The third-order valence-electron chi connectivity index (χ3n) is 6.33. The van der Waals surface area contributed by atoms with Crippen molar-refractivity contribution >= 4 is 21.4 Å². The van der Waals surface area contributed by atoms with Gasteiger partial charge in [0, 0.05) is 22.7 Å². The Balaban J connectivity index is 1.37. The first-order valence-electron chi connectivity index (χ1n) is 11.5. The van der Waals surface area contributed by atoms with E-state index in [9.17, 15) is 0 Å². The van der Waals surface area contributed by atoms with Crippen molar-refractivity contribution in [2.24, 2.45) is 5.73 Å². The molecule has 4 aromatic rings. The maximum absolute atomic E-state index is 6.02. The molecule has 1 aromatic heterocycles. The lowest BCUT2D eigenvalue weighted by Crippen LogP contribution is -2.25. The fourth-order valence-corrected chi connectivity index (χ4v) is 5.73. The van der Waals surface area contributed by atoms with Gasteiger partial charge in [0.05, 0.1) is 0 Å². The highest BCUT2D eigenvalue weighted by Gasteiger charge is 2.15. The molecule has 1 aliphatic rings. The van der Waals surface area contributed by atoms with Crippen molar-refractivity contribution in [2.45, 2.75) is 25.8 Å². The molecule has 0 unspecified atom stereocenters. The van der Waals surface area contributed by atoms with Crippen molar-refractivity contribution < 1.29 is 4.74 Å². The standard InChI is InChI=1S/C28H30N2OS/c29-20-22-9-7-21(8-10-22)19-26-25-5-1-2-6-27(25)32-28(26)23-11-13-24(14-12-23)31-18-17-30-15-3-4-16-30/h1-2,5-14H,3-4,15-20,29H2. The quantitative estimate of drug-likeness (QED) is 0.359. The Kier molecular flexibility index (Phi) is 6.54. The first kappa shape index (κ1) is 21.2. The largest absolute Gasteiger partial charge is 0.492 e. The van der Waals surface area contributed by atoms with E-state index in [1.807, 2.05) is 11.3 Å². The number of rotatable bonds is 8. The Morgan fingerprint density at radius 3 is 2.31 bits per heavy atom. The van der Waals surface area contributed by atoms with E-state index >= 15 is 0 Å². The smallest absolute Gasteiger partial charge is 0.119 e. The minimum atomic E-state index is 0.583. The predicted octanol–water partition coefficient (Wildman–Crippen LogP) is 6.09. The molecule has 2 N–H and O–H groups in total. The fraction of sp³-hybridized carbons (Fsp3) is 0.286. The number of thiophene rings is 1. The molecule has 1 aliphatic heterocycles. The van der Waals surface area contributed by atoms with Gasteiger partial charge < -0.3 is 10.5 Å². The van der Waals surface area contributed by atoms with Gasteiger partial charge in [-0.3, -0.25) is 4.90 Å². The lowest BCUT2D eigenvalue weighted by atomic mass is 9.98. The maximum Gasteiger partial charge on any atom is 0.119 e. The van der Waals surface area contributed by atoms with Gasteiger partial charge in [-0.2, -0.15) is 0 Å². The summed E-state index contributed by atoms with van der Waals surface area (Å²) in [6, 6.07) is 26.0. The van der Waals surface area contributed by atoms with Gasteiger partial charge in [-0.25, -0.2) is 0 Å². The van der Waals surface area contributed by atoms with Gasteiger partial charge in [0.15, 0.2) is 0 Å². The van der Waals surface area contributed by atoms with Crippen LogP contribution in [0.25, 0.3) is 20.5 Å². The van der Waals surface area contributed by atoms with Gasteiger partial charge in [0.1, 0.15) is 12.4 Å². The molecule has 0 atom stereocenters. The number of likely N-dealkylation sites (tertiary alicyclic amines) is 1. The van der Waals surface area contributed by atoms with Crippen LogP contribution in [0.4, 0.5) is 0 Å². The summed E-state index contributed by atoms with van der Waals surface area (Å²) in [5.74, 6) is 0.952. The van der Waals surface area contributed by atoms with Gasteiger partial charge in [0.25, 0.3) is 0 Å². The summed E-state index contributed by atoms with van der Waals surface area (Å²) in [7, 11) is 0. The molecule has 0 aliphatic carbocycles. The summed E-state index contributed by atoms with van der Waals surface area (Å²) in [5, 5.41) is 1.35. The van der Waals surface area contributed by atoms with E-state index in [-0.39, 0.29) is 0 Å². The van der Waals surface area contributed by atoms with Gasteiger partial charge in [0.2, 0.25) is 0 Å².